The Balaban J connectivity index is 1.77. The first-order chi connectivity index (χ1) is 12.0. The molecule has 0 atom stereocenters. The van der Waals surface area contributed by atoms with Crippen LogP contribution in [-0.2, 0) is 4.79 Å². The number of hydrazone groups is 1. The second kappa shape index (κ2) is 9.42. The fraction of sp³-hybridized carbons (Fsp3) is 0.238. The third-order valence-electron chi connectivity index (χ3n) is 3.57. The fourth-order valence-electron chi connectivity index (χ4n) is 2.19. The second-order valence-electron chi connectivity index (χ2n) is 6.10. The summed E-state index contributed by atoms with van der Waals surface area (Å²) in [6.45, 7) is 6.13. The van der Waals surface area contributed by atoms with Gasteiger partial charge in [0.2, 0.25) is 0 Å². The summed E-state index contributed by atoms with van der Waals surface area (Å²) >= 11 is 0. The van der Waals surface area contributed by atoms with Crippen LogP contribution in [-0.4, -0.2) is 18.7 Å². The van der Waals surface area contributed by atoms with E-state index in [1.165, 1.54) is 5.56 Å². The maximum atomic E-state index is 11.8. The molecule has 0 saturated heterocycles. The number of nitrogens with zero attached hydrogens (tertiary/aromatic N) is 1. The quantitative estimate of drug-likeness (QED) is 0.602. The van der Waals surface area contributed by atoms with E-state index in [-0.39, 0.29) is 12.5 Å². The van der Waals surface area contributed by atoms with Gasteiger partial charge in [-0.3, -0.25) is 4.79 Å². The van der Waals surface area contributed by atoms with Gasteiger partial charge in [-0.15, -0.1) is 0 Å². The molecule has 0 radical (unpaired) electrons. The van der Waals surface area contributed by atoms with Gasteiger partial charge in [0.05, 0.1) is 6.21 Å². The number of carbonyl (C=O) groups is 1. The minimum Gasteiger partial charge on any atom is -0.484 e. The highest BCUT2D eigenvalue weighted by Gasteiger charge is 2.03. The number of amides is 1. The lowest BCUT2D eigenvalue weighted by molar-refractivity contribution is -0.123. The first kappa shape index (κ1) is 18.5. The number of hydrogen-bond acceptors (Lipinski definition) is 3. The number of hydrogen-bond donors (Lipinski definition) is 1. The predicted molar refractivity (Wildman–Crippen MR) is 103 cm³/mol. The van der Waals surface area contributed by atoms with E-state index in [0.29, 0.717) is 11.7 Å². The monoisotopic (exact) mass is 336 g/mol. The van der Waals surface area contributed by atoms with Crippen LogP contribution < -0.4 is 10.2 Å². The fourth-order valence-corrected chi connectivity index (χ4v) is 2.19. The molecular weight excluding hydrogens is 312 g/mol. The molecule has 0 saturated carbocycles. The highest BCUT2D eigenvalue weighted by molar-refractivity contribution is 5.86. The molecule has 2 rings (SSSR count). The van der Waals surface area contributed by atoms with E-state index in [2.05, 4.69) is 24.4 Å². The molecule has 0 aromatic heterocycles. The Labute approximate surface area is 149 Å². The van der Waals surface area contributed by atoms with Gasteiger partial charge in [0.15, 0.2) is 6.61 Å². The molecule has 130 valence electrons. The average Bonchev–Trinajstić information content (AvgIpc) is 2.61. The Kier molecular flexibility index (Phi) is 6.96. The van der Waals surface area contributed by atoms with Crippen LogP contribution >= 0.6 is 0 Å². The molecule has 0 aliphatic carbocycles. The van der Waals surface area contributed by atoms with Gasteiger partial charge in [-0.05, 0) is 41.7 Å². The topological polar surface area (TPSA) is 50.7 Å². The zero-order valence-corrected chi connectivity index (χ0v) is 14.9. The lowest BCUT2D eigenvalue weighted by Gasteiger charge is -2.08. The molecule has 4 heteroatoms. The standard InChI is InChI=1S/C21H24N2O2/c1-16(2)19-9-11-20(12-10-19)25-15-21(24)23-22-14-17(3)13-18-7-5-4-6-8-18/h4-14,16H,15H2,1-3H3,(H,23,24)/b17-13-,22-14-. The van der Waals surface area contributed by atoms with E-state index < -0.39 is 0 Å². The number of allylic oxidation sites excluding steroid dienone is 1. The number of ether oxygens (including phenoxy) is 1. The molecule has 1 N–H and O–H groups in total. The molecule has 1 amide bonds. The van der Waals surface area contributed by atoms with Crippen molar-refractivity contribution >= 4 is 18.2 Å². The SMILES string of the molecule is CC(/C=N\NC(=O)COc1ccc(C(C)C)cc1)=C/c1ccccc1. The molecule has 0 bridgehead atoms. The molecule has 2 aromatic rings. The molecular formula is C21H24N2O2. The van der Waals surface area contributed by atoms with Crippen molar-refractivity contribution in [3.8, 4) is 5.75 Å². The summed E-state index contributed by atoms with van der Waals surface area (Å²) in [6.07, 6.45) is 3.60. The number of carbonyl (C=O) groups excluding carboxylic acids is 1. The van der Waals surface area contributed by atoms with Crippen LogP contribution in [0.2, 0.25) is 0 Å². The summed E-state index contributed by atoms with van der Waals surface area (Å²) in [5, 5.41) is 3.94. The van der Waals surface area contributed by atoms with Crippen LogP contribution in [0.3, 0.4) is 0 Å². The summed E-state index contributed by atoms with van der Waals surface area (Å²) in [5.41, 5.74) is 5.73. The zero-order chi connectivity index (χ0) is 18.1. The van der Waals surface area contributed by atoms with Crippen molar-refractivity contribution in [3.05, 3.63) is 71.3 Å². The maximum absolute atomic E-state index is 11.8. The summed E-state index contributed by atoms with van der Waals surface area (Å²) in [5.74, 6) is 0.847. The Hall–Kier alpha value is -2.88. The molecule has 0 aliphatic heterocycles. The zero-order valence-electron chi connectivity index (χ0n) is 14.9. The molecule has 0 unspecified atom stereocenters. The maximum Gasteiger partial charge on any atom is 0.277 e. The van der Waals surface area contributed by atoms with Crippen molar-refractivity contribution in [2.45, 2.75) is 26.7 Å². The van der Waals surface area contributed by atoms with Crippen molar-refractivity contribution in [1.29, 1.82) is 0 Å². The van der Waals surface area contributed by atoms with Gasteiger partial charge in [-0.1, -0.05) is 62.4 Å². The van der Waals surface area contributed by atoms with Crippen LogP contribution in [0.5, 0.6) is 5.75 Å². The van der Waals surface area contributed by atoms with Crippen molar-refractivity contribution < 1.29 is 9.53 Å². The first-order valence-corrected chi connectivity index (χ1v) is 8.32. The number of nitrogens with one attached hydrogen (secondary N) is 1. The summed E-state index contributed by atoms with van der Waals surface area (Å²) in [6, 6.07) is 17.7. The Morgan fingerprint density at radius 2 is 1.80 bits per heavy atom. The van der Waals surface area contributed by atoms with Crippen LogP contribution in [0.4, 0.5) is 0 Å². The highest BCUT2D eigenvalue weighted by Crippen LogP contribution is 2.18. The van der Waals surface area contributed by atoms with E-state index in [9.17, 15) is 4.79 Å². The van der Waals surface area contributed by atoms with Gasteiger partial charge in [-0.2, -0.15) is 5.10 Å². The second-order valence-corrected chi connectivity index (χ2v) is 6.10. The van der Waals surface area contributed by atoms with E-state index in [0.717, 1.165) is 11.1 Å². The Morgan fingerprint density at radius 3 is 2.44 bits per heavy atom. The largest absolute Gasteiger partial charge is 0.484 e. The molecule has 25 heavy (non-hydrogen) atoms. The van der Waals surface area contributed by atoms with Crippen LogP contribution in [0.1, 0.15) is 37.8 Å². The summed E-state index contributed by atoms with van der Waals surface area (Å²) < 4.78 is 5.46. The number of rotatable bonds is 7. The first-order valence-electron chi connectivity index (χ1n) is 8.32. The van der Waals surface area contributed by atoms with Crippen LogP contribution in [0.25, 0.3) is 6.08 Å². The van der Waals surface area contributed by atoms with E-state index in [1.807, 2.05) is 67.6 Å². The molecule has 0 spiro atoms. The lowest BCUT2D eigenvalue weighted by atomic mass is 10.0. The van der Waals surface area contributed by atoms with Crippen LogP contribution in [0.15, 0.2) is 65.3 Å². The smallest absolute Gasteiger partial charge is 0.277 e. The molecule has 0 heterocycles. The molecule has 0 fully saturated rings. The van der Waals surface area contributed by atoms with Crippen molar-refractivity contribution in [2.24, 2.45) is 5.10 Å². The highest BCUT2D eigenvalue weighted by atomic mass is 16.5. The predicted octanol–water partition coefficient (Wildman–Crippen LogP) is 4.39. The Bertz CT molecular complexity index is 732. The van der Waals surface area contributed by atoms with Crippen molar-refractivity contribution in [2.75, 3.05) is 6.61 Å². The Morgan fingerprint density at radius 1 is 1.12 bits per heavy atom. The van der Waals surface area contributed by atoms with Gasteiger partial charge in [0, 0.05) is 0 Å². The van der Waals surface area contributed by atoms with Gasteiger partial charge in [0.1, 0.15) is 5.75 Å². The molecule has 2 aromatic carbocycles. The van der Waals surface area contributed by atoms with Gasteiger partial charge in [-0.25, -0.2) is 5.43 Å². The van der Waals surface area contributed by atoms with Gasteiger partial charge in [0.25, 0.3) is 5.91 Å². The summed E-state index contributed by atoms with van der Waals surface area (Å²) in [4.78, 5) is 11.8. The lowest BCUT2D eigenvalue weighted by Crippen LogP contribution is -2.24. The van der Waals surface area contributed by atoms with E-state index in [4.69, 9.17) is 4.74 Å². The minimum atomic E-state index is -0.295. The third-order valence-corrected chi connectivity index (χ3v) is 3.57. The molecule has 0 aliphatic rings. The molecule has 4 nitrogen and oxygen atoms in total. The normalized spacial score (nSPS) is 11.8. The van der Waals surface area contributed by atoms with E-state index >= 15 is 0 Å². The average molecular weight is 336 g/mol. The van der Waals surface area contributed by atoms with E-state index in [1.54, 1.807) is 6.21 Å². The number of benzene rings is 2. The third kappa shape index (κ3) is 6.63. The van der Waals surface area contributed by atoms with Gasteiger partial charge >= 0.3 is 0 Å². The van der Waals surface area contributed by atoms with Crippen molar-refractivity contribution in [1.82, 2.24) is 5.43 Å². The minimum absolute atomic E-state index is 0.0696. The van der Waals surface area contributed by atoms with Crippen LogP contribution in [0, 0.1) is 0 Å². The van der Waals surface area contributed by atoms with Gasteiger partial charge < -0.3 is 4.74 Å². The summed E-state index contributed by atoms with van der Waals surface area (Å²) in [7, 11) is 0. The van der Waals surface area contributed by atoms with Crippen molar-refractivity contribution in [3.63, 3.8) is 0 Å².